The molecular formula is C21H19N3O6. The van der Waals surface area contributed by atoms with E-state index in [2.05, 4.69) is 9.98 Å². The van der Waals surface area contributed by atoms with Gasteiger partial charge in [0.1, 0.15) is 11.3 Å². The molecule has 3 aromatic rings. The summed E-state index contributed by atoms with van der Waals surface area (Å²) < 4.78 is 17.1. The zero-order chi connectivity index (χ0) is 21.1. The van der Waals surface area contributed by atoms with Gasteiger partial charge in [0.2, 0.25) is 12.7 Å². The van der Waals surface area contributed by atoms with Crippen molar-refractivity contribution in [3.05, 3.63) is 74.4 Å². The first-order valence-corrected chi connectivity index (χ1v) is 9.27. The molecule has 4 rings (SSSR count). The number of fused-ring (bicyclic) bond motifs is 1. The molecule has 0 unspecified atom stereocenters. The van der Waals surface area contributed by atoms with Gasteiger partial charge in [0, 0.05) is 6.21 Å². The number of ether oxygens (including phenoxy) is 3. The summed E-state index contributed by atoms with van der Waals surface area (Å²) >= 11 is 0. The molecule has 0 aliphatic carbocycles. The number of aromatic hydroxyl groups is 1. The van der Waals surface area contributed by atoms with Gasteiger partial charge in [-0.2, -0.15) is 0 Å². The van der Waals surface area contributed by atoms with Crippen LogP contribution in [0.3, 0.4) is 0 Å². The zero-order valence-electron chi connectivity index (χ0n) is 16.1. The highest BCUT2D eigenvalue weighted by atomic mass is 16.7. The van der Waals surface area contributed by atoms with Crippen molar-refractivity contribution < 1.29 is 19.3 Å². The lowest BCUT2D eigenvalue weighted by Crippen LogP contribution is -2.31. The highest BCUT2D eigenvalue weighted by molar-refractivity contribution is 5.82. The van der Waals surface area contributed by atoms with Crippen LogP contribution in [0.25, 0.3) is 5.69 Å². The van der Waals surface area contributed by atoms with Gasteiger partial charge in [-0.1, -0.05) is 18.2 Å². The number of para-hydroxylation sites is 2. The second-order valence-corrected chi connectivity index (χ2v) is 6.39. The molecule has 1 aliphatic rings. The molecule has 9 nitrogen and oxygen atoms in total. The number of rotatable bonds is 6. The molecule has 2 aromatic carbocycles. The first-order chi connectivity index (χ1) is 14.6. The third kappa shape index (κ3) is 3.64. The predicted octanol–water partition coefficient (Wildman–Crippen LogP) is 1.98. The molecule has 154 valence electrons. The lowest BCUT2D eigenvalue weighted by molar-refractivity contribution is 0.174. The molecule has 30 heavy (non-hydrogen) atoms. The second-order valence-electron chi connectivity index (χ2n) is 6.39. The van der Waals surface area contributed by atoms with E-state index < -0.39 is 17.1 Å². The Hall–Kier alpha value is -4.01. The van der Waals surface area contributed by atoms with Gasteiger partial charge in [-0.25, -0.2) is 9.36 Å². The van der Waals surface area contributed by atoms with E-state index >= 15 is 0 Å². The predicted molar refractivity (Wildman–Crippen MR) is 109 cm³/mol. The number of benzene rings is 2. The number of hydrogen-bond acceptors (Lipinski definition) is 7. The Balaban J connectivity index is 1.68. The smallest absolute Gasteiger partial charge is 0.335 e. The van der Waals surface area contributed by atoms with E-state index in [1.54, 1.807) is 43.3 Å². The molecule has 0 spiro atoms. The zero-order valence-corrected chi connectivity index (χ0v) is 16.1. The van der Waals surface area contributed by atoms with Crippen molar-refractivity contribution in [2.75, 3.05) is 13.4 Å². The van der Waals surface area contributed by atoms with Crippen LogP contribution < -0.4 is 25.5 Å². The molecule has 1 aliphatic heterocycles. The van der Waals surface area contributed by atoms with E-state index in [-0.39, 0.29) is 18.9 Å². The summed E-state index contributed by atoms with van der Waals surface area (Å²) in [5.74, 6) is 1.17. The fourth-order valence-electron chi connectivity index (χ4n) is 3.08. The van der Waals surface area contributed by atoms with Crippen LogP contribution in [0.4, 0.5) is 0 Å². The molecule has 2 heterocycles. The summed E-state index contributed by atoms with van der Waals surface area (Å²) in [5, 5.41) is 10.7. The molecule has 9 heteroatoms. The van der Waals surface area contributed by atoms with Crippen molar-refractivity contribution in [3.8, 4) is 28.8 Å². The molecule has 0 saturated heterocycles. The van der Waals surface area contributed by atoms with Crippen LogP contribution in [0.15, 0.2) is 57.0 Å². The van der Waals surface area contributed by atoms with E-state index in [0.29, 0.717) is 29.5 Å². The van der Waals surface area contributed by atoms with Gasteiger partial charge in [0.25, 0.3) is 5.56 Å². The summed E-state index contributed by atoms with van der Waals surface area (Å²) in [6.07, 6.45) is 1.23. The number of nitrogens with zero attached hydrogens (tertiary/aromatic N) is 2. The molecule has 0 fully saturated rings. The fraction of sp³-hybridized carbons (Fsp3) is 0.190. The number of aliphatic imine (C=N–C) groups is 1. The highest BCUT2D eigenvalue weighted by Crippen LogP contribution is 2.32. The summed E-state index contributed by atoms with van der Waals surface area (Å²) in [5.41, 5.74) is -0.513. The lowest BCUT2D eigenvalue weighted by atomic mass is 10.2. The molecule has 0 bridgehead atoms. The molecule has 0 amide bonds. The maximum atomic E-state index is 12.4. The molecule has 1 aromatic heterocycles. The minimum atomic E-state index is -0.780. The van der Waals surface area contributed by atoms with Crippen molar-refractivity contribution >= 4 is 6.21 Å². The van der Waals surface area contributed by atoms with E-state index in [0.717, 1.165) is 10.1 Å². The Labute approximate surface area is 170 Å². The Morgan fingerprint density at radius 2 is 2.00 bits per heavy atom. The SMILES string of the molecule is CCOc1ccccc1-n1c(O)c(C=NCc2ccc3c(c2)OCO3)c(=O)[nH]c1=O. The monoisotopic (exact) mass is 409 g/mol. The van der Waals surface area contributed by atoms with Crippen LogP contribution in [0.1, 0.15) is 18.1 Å². The number of nitrogens with one attached hydrogen (secondary N) is 1. The molecular weight excluding hydrogens is 390 g/mol. The van der Waals surface area contributed by atoms with Crippen LogP contribution in [-0.4, -0.2) is 34.3 Å². The highest BCUT2D eigenvalue weighted by Gasteiger charge is 2.17. The Kier molecular flexibility index (Phi) is 5.25. The largest absolute Gasteiger partial charge is 0.493 e. The van der Waals surface area contributed by atoms with Crippen molar-refractivity contribution in [1.29, 1.82) is 0 Å². The minimum absolute atomic E-state index is 0.137. The summed E-state index contributed by atoms with van der Waals surface area (Å²) in [4.78, 5) is 31.1. The van der Waals surface area contributed by atoms with Gasteiger partial charge in [0.15, 0.2) is 11.5 Å². The Morgan fingerprint density at radius 1 is 1.20 bits per heavy atom. The third-order valence-corrected chi connectivity index (χ3v) is 4.46. The van der Waals surface area contributed by atoms with Gasteiger partial charge in [-0.15, -0.1) is 0 Å². The molecule has 0 saturated carbocycles. The van der Waals surface area contributed by atoms with Gasteiger partial charge in [-0.05, 0) is 36.8 Å². The van der Waals surface area contributed by atoms with E-state index in [1.807, 2.05) is 6.07 Å². The summed E-state index contributed by atoms with van der Waals surface area (Å²) in [6, 6.07) is 12.1. The second kappa shape index (κ2) is 8.16. The molecule has 0 radical (unpaired) electrons. The van der Waals surface area contributed by atoms with Gasteiger partial charge >= 0.3 is 5.69 Å². The summed E-state index contributed by atoms with van der Waals surface area (Å²) in [6.45, 7) is 2.60. The van der Waals surface area contributed by atoms with Crippen molar-refractivity contribution in [2.24, 2.45) is 4.99 Å². The topological polar surface area (TPSA) is 115 Å². The van der Waals surface area contributed by atoms with Crippen molar-refractivity contribution in [3.63, 3.8) is 0 Å². The quantitative estimate of drug-likeness (QED) is 0.602. The minimum Gasteiger partial charge on any atom is -0.493 e. The van der Waals surface area contributed by atoms with Gasteiger partial charge in [-0.3, -0.25) is 14.8 Å². The fourth-order valence-corrected chi connectivity index (χ4v) is 3.08. The lowest BCUT2D eigenvalue weighted by Gasteiger charge is -2.13. The van der Waals surface area contributed by atoms with Crippen molar-refractivity contribution in [1.82, 2.24) is 9.55 Å². The molecule has 0 atom stereocenters. The van der Waals surface area contributed by atoms with Crippen LogP contribution in [-0.2, 0) is 6.54 Å². The van der Waals surface area contributed by atoms with Gasteiger partial charge < -0.3 is 19.3 Å². The van der Waals surface area contributed by atoms with Crippen LogP contribution in [0.2, 0.25) is 0 Å². The van der Waals surface area contributed by atoms with Gasteiger partial charge in [0.05, 0.1) is 18.8 Å². The van der Waals surface area contributed by atoms with E-state index in [9.17, 15) is 14.7 Å². The Bertz CT molecular complexity index is 1230. The maximum Gasteiger partial charge on any atom is 0.335 e. The number of aromatic nitrogens is 2. The average Bonchev–Trinajstić information content (AvgIpc) is 3.19. The van der Waals surface area contributed by atoms with Crippen LogP contribution >= 0.6 is 0 Å². The third-order valence-electron chi connectivity index (χ3n) is 4.46. The number of aromatic amines is 1. The first-order valence-electron chi connectivity index (χ1n) is 9.27. The number of hydrogen-bond donors (Lipinski definition) is 2. The molecule has 2 N–H and O–H groups in total. The van der Waals surface area contributed by atoms with Crippen LogP contribution in [0.5, 0.6) is 23.1 Å². The van der Waals surface area contributed by atoms with Crippen molar-refractivity contribution in [2.45, 2.75) is 13.5 Å². The summed E-state index contributed by atoms with van der Waals surface area (Å²) in [7, 11) is 0. The van der Waals surface area contributed by atoms with E-state index in [4.69, 9.17) is 14.2 Å². The van der Waals surface area contributed by atoms with Crippen LogP contribution in [0, 0.1) is 0 Å². The standard InChI is InChI=1S/C21H19N3O6/c1-2-28-16-6-4-3-5-15(16)24-20(26)14(19(25)23-21(24)27)11-22-10-13-7-8-17-18(9-13)30-12-29-17/h3-9,11,26H,2,10,12H2,1H3,(H,23,25,27). The number of H-pyrrole nitrogens is 1. The Morgan fingerprint density at radius 3 is 2.83 bits per heavy atom. The first kappa shape index (κ1) is 19.3. The maximum absolute atomic E-state index is 12.4. The average molecular weight is 409 g/mol. The van der Waals surface area contributed by atoms with E-state index in [1.165, 1.54) is 6.21 Å². The normalized spacial score (nSPS) is 12.4.